The maximum absolute atomic E-state index is 12.6. The minimum absolute atomic E-state index is 0.110. The van der Waals surface area contributed by atoms with E-state index in [-0.39, 0.29) is 18.0 Å². The Kier molecular flexibility index (Phi) is 7.25. The van der Waals surface area contributed by atoms with E-state index in [1.54, 1.807) is 7.11 Å². The fourth-order valence-corrected chi connectivity index (χ4v) is 3.14. The topological polar surface area (TPSA) is 67.6 Å². The summed E-state index contributed by atoms with van der Waals surface area (Å²) in [4.78, 5) is 19.2. The Hall–Kier alpha value is -3.12. The van der Waals surface area contributed by atoms with Gasteiger partial charge in [0.2, 0.25) is 5.89 Å². The second kappa shape index (κ2) is 10.1. The molecule has 0 aliphatic heterocycles. The van der Waals surface area contributed by atoms with E-state index in [2.05, 4.69) is 29.0 Å². The van der Waals surface area contributed by atoms with Gasteiger partial charge in [-0.05, 0) is 44.0 Å². The number of amides is 1. The van der Waals surface area contributed by atoms with Gasteiger partial charge in [-0.3, -0.25) is 9.69 Å². The molecule has 3 rings (SSSR count). The summed E-state index contributed by atoms with van der Waals surface area (Å²) in [7, 11) is 1.66. The Morgan fingerprint density at radius 1 is 1.07 bits per heavy atom. The smallest absolute Gasteiger partial charge is 0.273 e. The van der Waals surface area contributed by atoms with Gasteiger partial charge in [-0.25, -0.2) is 4.98 Å². The van der Waals surface area contributed by atoms with Crippen molar-refractivity contribution in [3.05, 3.63) is 83.6 Å². The van der Waals surface area contributed by atoms with Crippen LogP contribution in [0.1, 0.15) is 54.3 Å². The molecule has 2 aromatic carbocycles. The molecule has 1 N–H and O–H groups in total. The first-order chi connectivity index (χ1) is 14.5. The highest BCUT2D eigenvalue weighted by molar-refractivity contribution is 5.92. The average molecular weight is 408 g/mol. The summed E-state index contributed by atoms with van der Waals surface area (Å²) >= 11 is 0. The maximum atomic E-state index is 12.6. The first-order valence-electron chi connectivity index (χ1n) is 10.1. The van der Waals surface area contributed by atoms with Gasteiger partial charge in [-0.15, -0.1) is 0 Å². The van der Waals surface area contributed by atoms with Crippen LogP contribution in [0.5, 0.6) is 5.75 Å². The lowest BCUT2D eigenvalue weighted by Gasteiger charge is -2.25. The van der Waals surface area contributed by atoms with Crippen molar-refractivity contribution in [2.24, 2.45) is 0 Å². The first-order valence-corrected chi connectivity index (χ1v) is 10.1. The molecule has 0 spiro atoms. The molecule has 6 nitrogen and oxygen atoms in total. The number of benzene rings is 2. The summed E-state index contributed by atoms with van der Waals surface area (Å²) in [6.07, 6.45) is 1.42. The van der Waals surface area contributed by atoms with Gasteiger partial charge < -0.3 is 14.5 Å². The minimum Gasteiger partial charge on any atom is -0.497 e. The van der Waals surface area contributed by atoms with Crippen LogP contribution in [0, 0.1) is 0 Å². The van der Waals surface area contributed by atoms with E-state index >= 15 is 0 Å². The summed E-state index contributed by atoms with van der Waals surface area (Å²) in [6.45, 7) is 7.47. The molecule has 3 aromatic rings. The zero-order chi connectivity index (χ0) is 21.5. The van der Waals surface area contributed by atoms with E-state index in [0.29, 0.717) is 18.1 Å². The third-order valence-corrected chi connectivity index (χ3v) is 5.04. The highest BCUT2D eigenvalue weighted by Gasteiger charge is 2.18. The number of methoxy groups -OCH3 is 1. The lowest BCUT2D eigenvalue weighted by Crippen LogP contribution is -2.30. The SMILES string of the molecule is COc1ccc(CN(Cc2nc(C(=O)NC(C)c3ccccc3)co2)C(C)C)cc1. The van der Waals surface area contributed by atoms with Gasteiger partial charge in [0.05, 0.1) is 19.7 Å². The van der Waals surface area contributed by atoms with Crippen LogP contribution in [0.4, 0.5) is 0 Å². The number of carbonyl (C=O) groups excluding carboxylic acids is 1. The molecule has 0 aliphatic rings. The molecule has 1 aromatic heterocycles. The van der Waals surface area contributed by atoms with Crippen LogP contribution in [0.25, 0.3) is 0 Å². The zero-order valence-electron chi connectivity index (χ0n) is 18.0. The normalized spacial score (nSPS) is 12.2. The number of hydrogen-bond donors (Lipinski definition) is 1. The van der Waals surface area contributed by atoms with Gasteiger partial charge >= 0.3 is 0 Å². The number of nitrogens with zero attached hydrogens (tertiary/aromatic N) is 2. The van der Waals surface area contributed by atoms with Crippen LogP contribution in [-0.2, 0) is 13.1 Å². The van der Waals surface area contributed by atoms with Crippen molar-refractivity contribution in [3.8, 4) is 5.75 Å². The third-order valence-electron chi connectivity index (χ3n) is 5.04. The zero-order valence-corrected chi connectivity index (χ0v) is 18.0. The maximum Gasteiger partial charge on any atom is 0.273 e. The summed E-state index contributed by atoms with van der Waals surface area (Å²) < 4.78 is 10.8. The Balaban J connectivity index is 1.62. The Morgan fingerprint density at radius 3 is 2.40 bits per heavy atom. The fraction of sp³-hybridized carbons (Fsp3) is 0.333. The van der Waals surface area contributed by atoms with Crippen molar-refractivity contribution in [2.75, 3.05) is 7.11 Å². The molecule has 1 unspecified atom stereocenters. The lowest BCUT2D eigenvalue weighted by atomic mass is 10.1. The van der Waals surface area contributed by atoms with E-state index in [4.69, 9.17) is 9.15 Å². The van der Waals surface area contributed by atoms with Gasteiger partial charge in [-0.1, -0.05) is 42.5 Å². The molecule has 158 valence electrons. The molecular formula is C24H29N3O3. The van der Waals surface area contributed by atoms with Crippen molar-refractivity contribution in [1.29, 1.82) is 0 Å². The molecule has 1 atom stereocenters. The Labute approximate surface area is 177 Å². The van der Waals surface area contributed by atoms with E-state index in [9.17, 15) is 4.79 Å². The predicted molar refractivity (Wildman–Crippen MR) is 116 cm³/mol. The number of rotatable bonds is 9. The van der Waals surface area contributed by atoms with E-state index in [1.807, 2.05) is 61.5 Å². The van der Waals surface area contributed by atoms with Crippen LogP contribution in [0.15, 0.2) is 65.3 Å². The van der Waals surface area contributed by atoms with Gasteiger partial charge in [0, 0.05) is 12.6 Å². The minimum atomic E-state index is -0.243. The molecule has 30 heavy (non-hydrogen) atoms. The van der Waals surface area contributed by atoms with E-state index in [0.717, 1.165) is 17.9 Å². The molecule has 1 amide bonds. The standard InChI is InChI=1S/C24H29N3O3/c1-17(2)27(14-19-10-12-21(29-4)13-11-19)15-23-26-22(16-30-23)24(28)25-18(3)20-8-6-5-7-9-20/h5-13,16-18H,14-15H2,1-4H3,(H,25,28). The second-order valence-electron chi connectivity index (χ2n) is 7.58. The largest absolute Gasteiger partial charge is 0.497 e. The fourth-order valence-electron chi connectivity index (χ4n) is 3.14. The molecular weight excluding hydrogens is 378 g/mol. The molecule has 0 fully saturated rings. The highest BCUT2D eigenvalue weighted by atomic mass is 16.5. The lowest BCUT2D eigenvalue weighted by molar-refractivity contribution is 0.0934. The summed E-state index contributed by atoms with van der Waals surface area (Å²) in [5.41, 5.74) is 2.51. The summed E-state index contributed by atoms with van der Waals surface area (Å²) in [5, 5.41) is 2.97. The molecule has 0 saturated heterocycles. The second-order valence-corrected chi connectivity index (χ2v) is 7.58. The van der Waals surface area contributed by atoms with Crippen molar-refractivity contribution < 1.29 is 13.9 Å². The Bertz CT molecular complexity index is 936. The monoisotopic (exact) mass is 407 g/mol. The third kappa shape index (κ3) is 5.70. The number of carbonyl (C=O) groups is 1. The van der Waals surface area contributed by atoms with Gasteiger partial charge in [-0.2, -0.15) is 0 Å². The van der Waals surface area contributed by atoms with Crippen LogP contribution < -0.4 is 10.1 Å². The van der Waals surface area contributed by atoms with Crippen LogP contribution >= 0.6 is 0 Å². The Morgan fingerprint density at radius 2 is 1.77 bits per heavy atom. The molecule has 0 aliphatic carbocycles. The molecule has 6 heteroatoms. The van der Waals surface area contributed by atoms with Crippen LogP contribution in [0.3, 0.4) is 0 Å². The van der Waals surface area contributed by atoms with Gasteiger partial charge in [0.1, 0.15) is 12.0 Å². The first kappa shape index (κ1) is 21.6. The number of hydrogen-bond acceptors (Lipinski definition) is 5. The van der Waals surface area contributed by atoms with Crippen molar-refractivity contribution in [2.45, 2.75) is 45.9 Å². The van der Waals surface area contributed by atoms with E-state index < -0.39 is 0 Å². The number of aromatic nitrogens is 1. The number of oxazole rings is 1. The predicted octanol–water partition coefficient (Wildman–Crippen LogP) is 4.58. The van der Waals surface area contributed by atoms with Crippen LogP contribution in [0.2, 0.25) is 0 Å². The summed E-state index contributed by atoms with van der Waals surface area (Å²) in [6, 6.07) is 18.0. The van der Waals surface area contributed by atoms with Gasteiger partial charge in [0.25, 0.3) is 5.91 Å². The van der Waals surface area contributed by atoms with E-state index in [1.165, 1.54) is 11.8 Å². The number of ether oxygens (including phenoxy) is 1. The van der Waals surface area contributed by atoms with Crippen LogP contribution in [-0.4, -0.2) is 28.9 Å². The molecule has 0 bridgehead atoms. The van der Waals surface area contributed by atoms with Gasteiger partial charge in [0.15, 0.2) is 5.69 Å². The van der Waals surface area contributed by atoms with Crippen molar-refractivity contribution >= 4 is 5.91 Å². The average Bonchev–Trinajstić information content (AvgIpc) is 3.23. The quantitative estimate of drug-likeness (QED) is 0.562. The van der Waals surface area contributed by atoms with Crippen molar-refractivity contribution in [1.82, 2.24) is 15.2 Å². The molecule has 1 heterocycles. The summed E-state index contributed by atoms with van der Waals surface area (Å²) in [5.74, 6) is 1.12. The number of nitrogens with one attached hydrogen (secondary N) is 1. The molecule has 0 saturated carbocycles. The van der Waals surface area contributed by atoms with Crippen molar-refractivity contribution in [3.63, 3.8) is 0 Å². The highest BCUT2D eigenvalue weighted by Crippen LogP contribution is 2.17. The molecule has 0 radical (unpaired) electrons.